The first kappa shape index (κ1) is 29.9. The minimum atomic E-state index is -4.42. The van der Waals surface area contributed by atoms with Crippen molar-refractivity contribution < 1.29 is 26.3 Å². The summed E-state index contributed by atoms with van der Waals surface area (Å²) < 4.78 is 84.4. The molecular weight excluding hydrogens is 610 g/mol. The van der Waals surface area contributed by atoms with Gasteiger partial charge in [0.05, 0.1) is 39.4 Å². The maximum absolute atomic E-state index is 13.9. The molecule has 2 N–H and O–H groups in total. The largest absolute Gasteiger partial charge is 0.396 e. The number of anilines is 2. The van der Waals surface area contributed by atoms with Crippen molar-refractivity contribution in [2.24, 2.45) is 5.41 Å². The van der Waals surface area contributed by atoms with Gasteiger partial charge in [-0.1, -0.05) is 29.3 Å². The second kappa shape index (κ2) is 10.8. The summed E-state index contributed by atoms with van der Waals surface area (Å²) in [6.45, 7) is 1.14. The van der Waals surface area contributed by atoms with Crippen LogP contribution in [0.25, 0.3) is 10.9 Å². The molecular formula is C29H25ClF6N8. The summed E-state index contributed by atoms with van der Waals surface area (Å²) in [7, 11) is 0. The van der Waals surface area contributed by atoms with E-state index in [9.17, 15) is 31.6 Å². The number of nitrogens with one attached hydrogen (secondary N) is 2. The van der Waals surface area contributed by atoms with Crippen LogP contribution in [-0.2, 0) is 5.54 Å². The smallest absolute Gasteiger partial charge is 0.382 e. The van der Waals surface area contributed by atoms with Crippen molar-refractivity contribution in [1.29, 1.82) is 5.26 Å². The van der Waals surface area contributed by atoms with E-state index < -0.39 is 42.1 Å². The third-order valence-electron chi connectivity index (χ3n) is 8.71. The lowest BCUT2D eigenvalue weighted by atomic mass is 9.68. The lowest BCUT2D eigenvalue weighted by molar-refractivity contribution is -0.244. The van der Waals surface area contributed by atoms with Crippen LogP contribution in [0.5, 0.6) is 0 Å². The molecule has 3 heterocycles. The van der Waals surface area contributed by atoms with Crippen LogP contribution < -0.4 is 10.6 Å². The normalized spacial score (nSPS) is 17.6. The van der Waals surface area contributed by atoms with Gasteiger partial charge in [0.2, 0.25) is 5.95 Å². The van der Waals surface area contributed by atoms with Gasteiger partial charge in [-0.3, -0.25) is 4.98 Å². The summed E-state index contributed by atoms with van der Waals surface area (Å²) in [6, 6.07) is 6.84. The van der Waals surface area contributed by atoms with Gasteiger partial charge in [-0.2, -0.15) is 22.8 Å². The van der Waals surface area contributed by atoms with Crippen LogP contribution in [0.4, 0.5) is 37.7 Å². The number of nitrogens with zero attached hydrogens (tertiary/aromatic N) is 6. The summed E-state index contributed by atoms with van der Waals surface area (Å²) in [4.78, 5) is 8.15. The number of alkyl halides is 5. The standard InChI is InChI=1S/C29H25ClF6N8/c1-15-18(3-4-22(31)40-15)25(21-13-44(43-42-21)28(7-8-28)26(32)33)41-17-9-19-23(16(11-37)12-38-24(19)20(30)10-17)39-14-27(5-2-6-27)29(34,35)36/h3-4,9-10,12-13,25-26,41H,2,5-8,14H2,1H3,(H,38,39). The summed E-state index contributed by atoms with van der Waals surface area (Å²) in [5.41, 5.74) is -1.57. The molecule has 1 aromatic carbocycles. The van der Waals surface area contributed by atoms with Crippen molar-refractivity contribution in [2.75, 3.05) is 17.2 Å². The number of fused-ring (bicyclic) bond motifs is 1. The van der Waals surface area contributed by atoms with E-state index in [1.807, 2.05) is 6.07 Å². The lowest BCUT2D eigenvalue weighted by Crippen LogP contribution is -2.48. The van der Waals surface area contributed by atoms with Gasteiger partial charge in [0.15, 0.2) is 0 Å². The second-order valence-electron chi connectivity index (χ2n) is 11.4. The SMILES string of the molecule is Cc1nc(F)ccc1C(Nc1cc(Cl)c2ncc(C#N)c(NCC3(C(F)(F)F)CCC3)c2c1)c1cn(C2(C(F)F)CC2)nn1. The maximum atomic E-state index is 13.9. The zero-order chi connectivity index (χ0) is 31.4. The molecule has 44 heavy (non-hydrogen) atoms. The predicted octanol–water partition coefficient (Wildman–Crippen LogP) is 7.29. The molecule has 6 rings (SSSR count). The first-order chi connectivity index (χ1) is 20.9. The van der Waals surface area contributed by atoms with Gasteiger partial charge in [-0.15, -0.1) is 5.10 Å². The van der Waals surface area contributed by atoms with Crippen LogP contribution >= 0.6 is 11.6 Å². The Morgan fingerprint density at radius 3 is 2.50 bits per heavy atom. The van der Waals surface area contributed by atoms with Crippen LogP contribution in [0.3, 0.4) is 0 Å². The molecule has 0 bridgehead atoms. The number of hydrogen-bond acceptors (Lipinski definition) is 7. The molecule has 1 unspecified atom stereocenters. The number of halogens is 7. The van der Waals surface area contributed by atoms with E-state index >= 15 is 0 Å². The Morgan fingerprint density at radius 1 is 1.16 bits per heavy atom. The molecule has 2 saturated carbocycles. The molecule has 8 nitrogen and oxygen atoms in total. The zero-order valence-electron chi connectivity index (χ0n) is 23.2. The fourth-order valence-corrected chi connectivity index (χ4v) is 5.93. The fourth-order valence-electron chi connectivity index (χ4n) is 5.67. The molecule has 0 aliphatic heterocycles. The first-order valence-corrected chi connectivity index (χ1v) is 14.2. The van der Waals surface area contributed by atoms with E-state index in [1.165, 1.54) is 24.5 Å². The molecule has 0 saturated heterocycles. The number of aryl methyl sites for hydroxylation is 1. The number of nitriles is 1. The molecule has 3 aromatic heterocycles. The number of hydrogen-bond donors (Lipinski definition) is 2. The van der Waals surface area contributed by atoms with Crippen molar-refractivity contribution in [2.45, 2.75) is 63.2 Å². The topological polar surface area (TPSA) is 104 Å². The Labute approximate surface area is 252 Å². The summed E-state index contributed by atoms with van der Waals surface area (Å²) in [6.07, 6.45) is -3.55. The molecule has 0 amide bonds. The van der Waals surface area contributed by atoms with Crippen molar-refractivity contribution in [3.8, 4) is 6.07 Å². The van der Waals surface area contributed by atoms with Crippen LogP contribution in [0, 0.1) is 29.6 Å². The highest BCUT2D eigenvalue weighted by molar-refractivity contribution is 6.35. The Kier molecular flexibility index (Phi) is 7.34. The molecule has 1 atom stereocenters. The van der Waals surface area contributed by atoms with Gasteiger partial charge >= 0.3 is 6.18 Å². The average molecular weight is 635 g/mol. The van der Waals surface area contributed by atoms with Crippen LogP contribution in [0.15, 0.2) is 36.7 Å². The molecule has 2 fully saturated rings. The predicted molar refractivity (Wildman–Crippen MR) is 150 cm³/mol. The molecule has 4 aromatic rings. The van der Waals surface area contributed by atoms with Crippen LogP contribution in [-0.4, -0.2) is 44.1 Å². The quantitative estimate of drug-likeness (QED) is 0.147. The van der Waals surface area contributed by atoms with Crippen molar-refractivity contribution >= 4 is 33.9 Å². The third-order valence-corrected chi connectivity index (χ3v) is 9.00. The zero-order valence-corrected chi connectivity index (χ0v) is 23.9. The molecule has 15 heteroatoms. The molecule has 0 spiro atoms. The maximum Gasteiger partial charge on any atom is 0.396 e. The summed E-state index contributed by atoms with van der Waals surface area (Å²) in [5.74, 6) is -0.717. The first-order valence-electron chi connectivity index (χ1n) is 13.8. The van der Waals surface area contributed by atoms with Crippen LogP contribution in [0.2, 0.25) is 5.02 Å². The molecule has 2 aliphatic carbocycles. The van der Waals surface area contributed by atoms with Crippen LogP contribution in [0.1, 0.15) is 60.7 Å². The Bertz CT molecular complexity index is 1770. The average Bonchev–Trinajstić information content (AvgIpc) is 3.61. The number of pyridine rings is 2. The lowest BCUT2D eigenvalue weighted by Gasteiger charge is -2.43. The molecule has 230 valence electrons. The molecule has 0 radical (unpaired) electrons. The fraction of sp³-hybridized carbons (Fsp3) is 0.414. The summed E-state index contributed by atoms with van der Waals surface area (Å²) >= 11 is 6.59. The highest BCUT2D eigenvalue weighted by Crippen LogP contribution is 2.53. The Balaban J connectivity index is 1.41. The van der Waals surface area contributed by atoms with Gasteiger partial charge in [0, 0.05) is 35.1 Å². The monoisotopic (exact) mass is 634 g/mol. The van der Waals surface area contributed by atoms with Gasteiger partial charge in [-0.25, -0.2) is 18.4 Å². The Morgan fingerprint density at radius 2 is 1.91 bits per heavy atom. The van der Waals surface area contributed by atoms with Gasteiger partial charge in [0.25, 0.3) is 6.43 Å². The van der Waals surface area contributed by atoms with Gasteiger partial charge < -0.3 is 10.6 Å². The molecule has 2 aliphatic rings. The van der Waals surface area contributed by atoms with E-state index in [4.69, 9.17) is 11.6 Å². The highest BCUT2D eigenvalue weighted by atomic mass is 35.5. The van der Waals surface area contributed by atoms with Crippen molar-refractivity contribution in [3.63, 3.8) is 0 Å². The minimum absolute atomic E-state index is 0.0256. The number of aromatic nitrogens is 5. The van der Waals surface area contributed by atoms with Gasteiger partial charge in [-0.05, 0) is 50.8 Å². The van der Waals surface area contributed by atoms with E-state index in [-0.39, 0.29) is 53.2 Å². The van der Waals surface area contributed by atoms with E-state index in [2.05, 4.69) is 30.9 Å². The number of benzene rings is 1. The van der Waals surface area contributed by atoms with Crippen molar-refractivity contribution in [1.82, 2.24) is 25.0 Å². The number of rotatable bonds is 9. The van der Waals surface area contributed by atoms with E-state index in [1.54, 1.807) is 13.0 Å². The highest BCUT2D eigenvalue weighted by Gasteiger charge is 2.58. The van der Waals surface area contributed by atoms with Gasteiger partial charge in [0.1, 0.15) is 17.3 Å². The van der Waals surface area contributed by atoms with Crippen molar-refractivity contribution in [3.05, 3.63) is 70.1 Å². The second-order valence-corrected chi connectivity index (χ2v) is 11.8. The third kappa shape index (κ3) is 5.06. The van der Waals surface area contributed by atoms with E-state index in [0.29, 0.717) is 28.8 Å². The Hall–Kier alpha value is -4.12. The summed E-state index contributed by atoms with van der Waals surface area (Å²) in [5, 5.41) is 24.4. The minimum Gasteiger partial charge on any atom is -0.382 e. The van der Waals surface area contributed by atoms with E-state index in [0.717, 1.165) is 10.7 Å².